The van der Waals surface area contributed by atoms with Crippen molar-refractivity contribution >= 4 is 33.6 Å². The number of phosphoric ester groups is 2. The third-order valence-electron chi connectivity index (χ3n) is 13.9. The molecule has 0 amide bonds. The minimum absolute atomic E-state index is 0.0791. The van der Waals surface area contributed by atoms with Gasteiger partial charge >= 0.3 is 33.6 Å². The third-order valence-corrected chi connectivity index (χ3v) is 15.8. The molecule has 0 aliphatic rings. The molecular formula is C73H122O16P2. The van der Waals surface area contributed by atoms with E-state index in [1.54, 1.807) is 0 Å². The van der Waals surface area contributed by atoms with Gasteiger partial charge in [-0.25, -0.2) is 9.13 Å². The van der Waals surface area contributed by atoms with E-state index in [1.807, 2.05) is 0 Å². The molecular weight excluding hydrogens is 1190 g/mol. The van der Waals surface area contributed by atoms with Gasteiger partial charge in [-0.2, -0.15) is 0 Å². The maximum Gasteiger partial charge on any atom is 0.472 e. The van der Waals surface area contributed by atoms with Crippen LogP contribution >= 0.6 is 15.6 Å². The van der Waals surface area contributed by atoms with Crippen molar-refractivity contribution in [1.82, 2.24) is 0 Å². The maximum absolute atomic E-state index is 12.9. The lowest BCUT2D eigenvalue weighted by Gasteiger charge is -2.21. The predicted octanol–water partition coefficient (Wildman–Crippen LogP) is 19.2. The average Bonchev–Trinajstić information content (AvgIpc) is 3.63. The summed E-state index contributed by atoms with van der Waals surface area (Å²) in [6.07, 6.45) is 76.4. The second-order valence-corrected chi connectivity index (χ2v) is 25.4. The van der Waals surface area contributed by atoms with E-state index < -0.39 is 91.5 Å². The van der Waals surface area contributed by atoms with Crippen molar-refractivity contribution in [2.75, 3.05) is 39.6 Å². The van der Waals surface area contributed by atoms with Gasteiger partial charge in [-0.15, -0.1) is 0 Å². The number of carbonyl (C=O) groups is 3. The zero-order valence-corrected chi connectivity index (χ0v) is 58.0. The van der Waals surface area contributed by atoms with Crippen LogP contribution in [0.1, 0.15) is 252 Å². The fourth-order valence-corrected chi connectivity index (χ4v) is 10.3. The lowest BCUT2D eigenvalue weighted by atomic mass is 10.1. The van der Waals surface area contributed by atoms with E-state index in [9.17, 15) is 43.5 Å². The molecule has 91 heavy (non-hydrogen) atoms. The zero-order valence-electron chi connectivity index (χ0n) is 56.2. The molecule has 0 aromatic carbocycles. The molecule has 0 spiro atoms. The summed E-state index contributed by atoms with van der Waals surface area (Å²) >= 11 is 0. The van der Waals surface area contributed by atoms with Crippen LogP contribution in [0.2, 0.25) is 0 Å². The van der Waals surface area contributed by atoms with Gasteiger partial charge in [0.05, 0.1) is 26.4 Å². The van der Waals surface area contributed by atoms with Crippen LogP contribution in [-0.4, -0.2) is 95.9 Å². The van der Waals surface area contributed by atoms with Crippen LogP contribution in [0.3, 0.4) is 0 Å². The van der Waals surface area contributed by atoms with Gasteiger partial charge in [-0.05, 0) is 128 Å². The van der Waals surface area contributed by atoms with Gasteiger partial charge in [0.25, 0.3) is 0 Å². The van der Waals surface area contributed by atoms with Gasteiger partial charge in [0.15, 0.2) is 6.10 Å². The quantitative estimate of drug-likeness (QED) is 0.0146. The van der Waals surface area contributed by atoms with E-state index in [0.717, 1.165) is 193 Å². The van der Waals surface area contributed by atoms with Crippen LogP contribution < -0.4 is 0 Å². The summed E-state index contributed by atoms with van der Waals surface area (Å²) in [6, 6.07) is 0. The molecule has 0 aliphatic carbocycles. The van der Waals surface area contributed by atoms with Crippen LogP contribution in [0.4, 0.5) is 0 Å². The predicted molar refractivity (Wildman–Crippen MR) is 371 cm³/mol. The number of allylic oxidation sites excluding steroid dienone is 22. The molecule has 0 saturated carbocycles. The molecule has 0 saturated heterocycles. The van der Waals surface area contributed by atoms with E-state index in [4.69, 9.17) is 32.3 Å². The Balaban J connectivity index is 4.65. The first-order valence-electron chi connectivity index (χ1n) is 34.5. The van der Waals surface area contributed by atoms with E-state index in [-0.39, 0.29) is 19.3 Å². The fourth-order valence-electron chi connectivity index (χ4n) is 8.68. The van der Waals surface area contributed by atoms with Crippen molar-refractivity contribution in [3.63, 3.8) is 0 Å². The molecule has 0 heterocycles. The van der Waals surface area contributed by atoms with Gasteiger partial charge in [-0.1, -0.05) is 238 Å². The number of unbranched alkanes of at least 4 members (excludes halogenated alkanes) is 19. The van der Waals surface area contributed by atoms with Crippen molar-refractivity contribution in [3.05, 3.63) is 134 Å². The summed E-state index contributed by atoms with van der Waals surface area (Å²) in [5, 5.41) is 20.6. The number of hydrogen-bond donors (Lipinski definition) is 4. The Morgan fingerprint density at radius 2 is 0.549 bits per heavy atom. The van der Waals surface area contributed by atoms with Crippen LogP contribution in [0.5, 0.6) is 0 Å². The number of carbonyl (C=O) groups excluding carboxylic acids is 3. The Labute approximate surface area is 550 Å². The summed E-state index contributed by atoms with van der Waals surface area (Å²) < 4.78 is 60.9. The number of hydrogen-bond acceptors (Lipinski definition) is 14. The highest BCUT2D eigenvalue weighted by atomic mass is 31.2. The Morgan fingerprint density at radius 1 is 0.308 bits per heavy atom. The molecule has 0 rings (SSSR count). The largest absolute Gasteiger partial charge is 0.472 e. The number of ether oxygens (including phenoxy) is 3. The van der Waals surface area contributed by atoms with Gasteiger partial charge in [0.1, 0.15) is 25.4 Å². The molecule has 5 atom stereocenters. The number of phosphoric acid groups is 2. The van der Waals surface area contributed by atoms with Crippen molar-refractivity contribution < 1.29 is 75.8 Å². The first kappa shape index (κ1) is 86.7. The first-order valence-corrected chi connectivity index (χ1v) is 37.5. The Kier molecular flexibility index (Phi) is 62.6. The minimum Gasteiger partial charge on any atom is -0.463 e. The Morgan fingerprint density at radius 3 is 0.868 bits per heavy atom. The number of rotatable bonds is 64. The second-order valence-electron chi connectivity index (χ2n) is 22.5. The lowest BCUT2D eigenvalue weighted by molar-refractivity contribution is -0.161. The zero-order chi connectivity index (χ0) is 66.7. The summed E-state index contributed by atoms with van der Waals surface area (Å²) in [7, 11) is -9.79. The molecule has 0 aliphatic heterocycles. The van der Waals surface area contributed by atoms with Gasteiger partial charge in [-0.3, -0.25) is 32.5 Å². The maximum atomic E-state index is 12.9. The Hall–Kier alpha value is -4.31. The minimum atomic E-state index is -4.94. The van der Waals surface area contributed by atoms with Crippen molar-refractivity contribution in [1.29, 1.82) is 0 Å². The molecule has 0 aromatic heterocycles. The summed E-state index contributed by atoms with van der Waals surface area (Å²) in [5.74, 6) is -1.62. The molecule has 0 radical (unpaired) electrons. The number of aliphatic hydroxyl groups is 2. The molecule has 0 aromatic rings. The Bertz CT molecular complexity index is 2190. The van der Waals surface area contributed by atoms with E-state index in [2.05, 4.69) is 154 Å². The second kappa shape index (κ2) is 65.7. The topological polar surface area (TPSA) is 231 Å². The van der Waals surface area contributed by atoms with E-state index in [1.165, 1.54) is 0 Å². The number of esters is 3. The highest BCUT2D eigenvalue weighted by molar-refractivity contribution is 7.47. The van der Waals surface area contributed by atoms with Gasteiger partial charge < -0.3 is 34.2 Å². The summed E-state index contributed by atoms with van der Waals surface area (Å²) in [6.45, 7) is 2.27. The molecule has 16 nitrogen and oxygen atoms in total. The molecule has 4 N–H and O–H groups in total. The van der Waals surface area contributed by atoms with E-state index in [0.29, 0.717) is 19.3 Å². The molecule has 0 fully saturated rings. The normalized spacial score (nSPS) is 15.0. The average molecular weight is 1320 g/mol. The smallest absolute Gasteiger partial charge is 0.463 e. The van der Waals surface area contributed by atoms with Crippen molar-refractivity contribution in [2.45, 2.75) is 270 Å². The van der Waals surface area contributed by atoms with Crippen LogP contribution in [0.25, 0.3) is 0 Å². The highest BCUT2D eigenvalue weighted by Crippen LogP contribution is 2.45. The standard InChI is InChI=1S/C73H122O16P2/c1-4-7-10-13-16-19-22-25-28-30-31-32-33-34-35-37-40-41-44-47-50-53-56-59-71(76)83-62-68(74)63-85-90(79,80)86-64-69(75)65-87-91(81,82)88-67-70(89-73(78)61-58-55-52-49-46-43-38-27-24-21-18-15-12-9-6-3)66-84-72(77)60-57-54-51-48-45-42-39-36-29-26-23-20-17-14-11-8-5-2/h7-12,16-21,25-29,31-32,34-35,38,68-70,74-75H,4-6,13-15,22-24,30,33,36-37,39-67H2,1-3H3,(H,79,80)(H,81,82)/b10-7-,11-8-,12-9-,19-16-,20-17-,21-18-,28-25-,29-26-,32-31-,35-34-,38-27-. The fraction of sp³-hybridized carbons (Fsp3) is 0.658. The summed E-state index contributed by atoms with van der Waals surface area (Å²) in [4.78, 5) is 58.4. The molecule has 520 valence electrons. The third kappa shape index (κ3) is 66.9. The van der Waals surface area contributed by atoms with E-state index >= 15 is 0 Å². The highest BCUT2D eigenvalue weighted by Gasteiger charge is 2.29. The SMILES string of the molecule is CC/C=C\C/C=C\C/C=C\C/C=C\C/C=C\CCCCCCCCCC(=O)OCC(O)COP(=O)(O)OCC(O)COP(=O)(O)OCC(COC(=O)CCCCCCCCC/C=C\C/C=C\C/C=C\CC)OC(=O)CCCCCCC/C=C\C/C=C\C/C=C\CC. The monoisotopic (exact) mass is 1320 g/mol. The van der Waals surface area contributed by atoms with Crippen LogP contribution in [0.15, 0.2) is 134 Å². The first-order chi connectivity index (χ1) is 44.2. The molecule has 18 heteroatoms. The molecule has 5 unspecified atom stereocenters. The van der Waals surface area contributed by atoms with Crippen molar-refractivity contribution in [3.8, 4) is 0 Å². The van der Waals surface area contributed by atoms with Crippen molar-refractivity contribution in [2.24, 2.45) is 0 Å². The lowest BCUT2D eigenvalue weighted by Crippen LogP contribution is -2.30. The van der Waals surface area contributed by atoms with Gasteiger partial charge in [0.2, 0.25) is 0 Å². The molecule has 0 bridgehead atoms. The van der Waals surface area contributed by atoms with Crippen LogP contribution in [-0.2, 0) is 55.8 Å². The van der Waals surface area contributed by atoms with Gasteiger partial charge in [0, 0.05) is 19.3 Å². The summed E-state index contributed by atoms with van der Waals surface area (Å²) in [5.41, 5.74) is 0. The number of aliphatic hydroxyl groups excluding tert-OH is 2. The van der Waals surface area contributed by atoms with Crippen LogP contribution in [0, 0.1) is 0 Å².